The lowest BCUT2D eigenvalue weighted by atomic mass is 10.00. The van der Waals surface area contributed by atoms with Crippen LogP contribution in [0, 0.1) is 0 Å². The van der Waals surface area contributed by atoms with E-state index < -0.39 is 71.2 Å². The van der Waals surface area contributed by atoms with Crippen molar-refractivity contribution in [2.45, 2.75) is 217 Å². The lowest BCUT2D eigenvalue weighted by Crippen LogP contribution is -2.60. The quantitative estimate of drug-likeness (QED) is 0.0199. The number of ether oxygens (including phenoxy) is 4. The van der Waals surface area contributed by atoms with Crippen LogP contribution in [0.15, 0.2) is 49.1 Å². The van der Waals surface area contributed by atoms with Crippen LogP contribution in [-0.2, 0) is 38.7 Å². The van der Waals surface area contributed by atoms with Gasteiger partial charge in [0, 0.05) is 12.8 Å². The Kier molecular flexibility index (Phi) is 34.5. The van der Waals surface area contributed by atoms with Crippen molar-refractivity contribution in [2.24, 2.45) is 0 Å². The summed E-state index contributed by atoms with van der Waals surface area (Å²) >= 11 is 0. The molecule has 0 aromatic carbocycles. The van der Waals surface area contributed by atoms with Gasteiger partial charge in [0.05, 0.1) is 6.61 Å². The van der Waals surface area contributed by atoms with E-state index in [2.05, 4.69) is 50.0 Å². The fraction of sp³-hybridized carbons (Fsp3) is 0.787. The van der Waals surface area contributed by atoms with E-state index in [9.17, 15) is 37.9 Å². The van der Waals surface area contributed by atoms with Crippen LogP contribution in [0.25, 0.3) is 0 Å². The molecular formula is C47H82O12S. The lowest BCUT2D eigenvalue weighted by Gasteiger charge is -2.40. The number of aliphatic hydroxyl groups is 3. The number of allylic oxidation sites excluding steroid dienone is 7. The van der Waals surface area contributed by atoms with Gasteiger partial charge in [-0.3, -0.25) is 14.1 Å². The maximum Gasteiger partial charge on any atom is 0.306 e. The first kappa shape index (κ1) is 55.6. The van der Waals surface area contributed by atoms with Crippen molar-refractivity contribution >= 4 is 22.1 Å². The van der Waals surface area contributed by atoms with Gasteiger partial charge in [0.25, 0.3) is 10.1 Å². The highest BCUT2D eigenvalue weighted by molar-refractivity contribution is 7.85. The van der Waals surface area contributed by atoms with Crippen molar-refractivity contribution in [1.82, 2.24) is 0 Å². The van der Waals surface area contributed by atoms with Gasteiger partial charge < -0.3 is 34.3 Å². The van der Waals surface area contributed by atoms with Crippen LogP contribution in [0.3, 0.4) is 0 Å². The zero-order valence-corrected chi connectivity index (χ0v) is 37.7. The molecule has 0 aromatic rings. The molecule has 1 aliphatic rings. The summed E-state index contributed by atoms with van der Waals surface area (Å²) in [5, 5.41) is 30.9. The van der Waals surface area contributed by atoms with Crippen molar-refractivity contribution in [1.29, 1.82) is 0 Å². The van der Waals surface area contributed by atoms with Crippen molar-refractivity contribution in [3.8, 4) is 0 Å². The van der Waals surface area contributed by atoms with Gasteiger partial charge in [-0.2, -0.15) is 8.42 Å². The second kappa shape index (κ2) is 37.2. The number of esters is 2. The summed E-state index contributed by atoms with van der Waals surface area (Å²) in [5.74, 6) is -2.02. The fourth-order valence-electron chi connectivity index (χ4n) is 6.90. The Labute approximate surface area is 363 Å². The van der Waals surface area contributed by atoms with Gasteiger partial charge >= 0.3 is 11.9 Å². The molecule has 1 heterocycles. The standard InChI is InChI=1S/C47H82O12S/c1-3-5-7-9-11-13-15-17-19-20-22-24-26-28-30-32-34-36-43(49)58-40(38-57-47-46(52)45(51)44(50)41(59-47)39-60(53,54)55)37-56-42(48)35-33-31-29-27-25-23-21-18-16-14-12-10-8-6-4-2/h4,11,13,17,19,22,24,40-41,44-47,50-52H,2-3,5-10,12,14-16,18,20-21,23,25-39H2,1H3,(H,53,54,55)/b13-11+,19-17+,24-22+/t40-,41-,44-,45?,46?,47+/m1/s1. The van der Waals surface area contributed by atoms with E-state index in [0.29, 0.717) is 12.8 Å². The zero-order chi connectivity index (χ0) is 44.1. The summed E-state index contributed by atoms with van der Waals surface area (Å²) in [4.78, 5) is 25.4. The van der Waals surface area contributed by atoms with Gasteiger partial charge in [-0.15, -0.1) is 6.58 Å². The highest BCUT2D eigenvalue weighted by atomic mass is 32.2. The molecule has 0 radical (unpaired) electrons. The van der Waals surface area contributed by atoms with Gasteiger partial charge in [-0.25, -0.2) is 0 Å². The molecule has 1 rings (SSSR count). The van der Waals surface area contributed by atoms with E-state index in [-0.39, 0.29) is 19.4 Å². The topological polar surface area (TPSA) is 186 Å². The molecule has 1 fully saturated rings. The predicted octanol–water partition coefficient (Wildman–Crippen LogP) is 9.56. The SMILES string of the molecule is C=CCCCCCCCCCCCCCCCC(=O)OC[C@H](CO[C@H]1O[C@H](CS(=O)(=O)O)[C@@H](O)C(O)C1O)OC(=O)CCCCCC/C=C/C/C=C/C/C=C/CCCCC. The third-order valence-electron chi connectivity index (χ3n) is 10.5. The molecule has 0 amide bonds. The van der Waals surface area contributed by atoms with Crippen LogP contribution in [0.5, 0.6) is 0 Å². The Bertz CT molecular complexity index is 1280. The minimum Gasteiger partial charge on any atom is -0.462 e. The first-order valence-corrected chi connectivity index (χ1v) is 24.8. The lowest BCUT2D eigenvalue weighted by molar-refractivity contribution is -0.297. The highest BCUT2D eigenvalue weighted by Crippen LogP contribution is 2.24. The van der Waals surface area contributed by atoms with Gasteiger partial charge in [0.2, 0.25) is 0 Å². The molecule has 0 aliphatic carbocycles. The van der Waals surface area contributed by atoms with Crippen LogP contribution in [0.4, 0.5) is 0 Å². The van der Waals surface area contributed by atoms with E-state index in [1.165, 1.54) is 77.0 Å². The van der Waals surface area contributed by atoms with Crippen molar-refractivity contribution in [3.05, 3.63) is 49.1 Å². The Balaban J connectivity index is 2.45. The van der Waals surface area contributed by atoms with Crippen molar-refractivity contribution < 1.29 is 56.8 Å². The number of carbonyl (C=O) groups excluding carboxylic acids is 2. The van der Waals surface area contributed by atoms with Gasteiger partial charge in [0.15, 0.2) is 12.4 Å². The normalized spacial score (nSPS) is 20.3. The third-order valence-corrected chi connectivity index (χ3v) is 11.3. The molecule has 2 unspecified atom stereocenters. The highest BCUT2D eigenvalue weighted by Gasteiger charge is 2.46. The molecule has 0 spiro atoms. The molecule has 1 saturated heterocycles. The largest absolute Gasteiger partial charge is 0.462 e. The van der Waals surface area contributed by atoms with Crippen LogP contribution in [-0.4, -0.2) is 96.0 Å². The molecule has 348 valence electrons. The fourth-order valence-corrected chi connectivity index (χ4v) is 7.59. The van der Waals surface area contributed by atoms with Gasteiger partial charge in [0.1, 0.15) is 36.8 Å². The van der Waals surface area contributed by atoms with Crippen LogP contribution in [0.1, 0.15) is 180 Å². The predicted molar refractivity (Wildman–Crippen MR) is 238 cm³/mol. The number of hydrogen-bond donors (Lipinski definition) is 4. The van der Waals surface area contributed by atoms with E-state index >= 15 is 0 Å². The Morgan fingerprint density at radius 3 is 1.60 bits per heavy atom. The molecule has 0 aromatic heterocycles. The summed E-state index contributed by atoms with van der Waals surface area (Å²) in [6, 6.07) is 0. The number of aliphatic hydroxyl groups excluding tert-OH is 3. The molecule has 4 N–H and O–H groups in total. The Hall–Kier alpha value is -2.39. The molecule has 1 aliphatic heterocycles. The Morgan fingerprint density at radius 2 is 1.08 bits per heavy atom. The average molecular weight is 871 g/mol. The minimum atomic E-state index is -4.61. The third kappa shape index (κ3) is 31.5. The van der Waals surface area contributed by atoms with Crippen LogP contribution < -0.4 is 0 Å². The molecule has 13 heteroatoms. The summed E-state index contributed by atoms with van der Waals surface area (Å²) in [6.07, 6.45) is 33.3. The summed E-state index contributed by atoms with van der Waals surface area (Å²) in [6.45, 7) is 5.24. The number of hydrogen-bond acceptors (Lipinski definition) is 11. The smallest absolute Gasteiger partial charge is 0.306 e. The molecule has 12 nitrogen and oxygen atoms in total. The Morgan fingerprint density at radius 1 is 0.617 bits per heavy atom. The van der Waals surface area contributed by atoms with Gasteiger partial charge in [-0.05, 0) is 64.2 Å². The van der Waals surface area contributed by atoms with E-state index in [1.54, 1.807) is 0 Å². The second-order valence-electron chi connectivity index (χ2n) is 16.1. The maximum atomic E-state index is 12.8. The molecule has 0 bridgehead atoms. The summed E-state index contributed by atoms with van der Waals surface area (Å²) in [7, 11) is -4.61. The van der Waals surface area contributed by atoms with E-state index in [0.717, 1.165) is 70.6 Å². The average Bonchev–Trinajstić information content (AvgIpc) is 3.21. The van der Waals surface area contributed by atoms with Crippen LogP contribution in [0.2, 0.25) is 0 Å². The summed E-state index contributed by atoms with van der Waals surface area (Å²) < 4.78 is 54.1. The summed E-state index contributed by atoms with van der Waals surface area (Å²) in [5.41, 5.74) is 0. The van der Waals surface area contributed by atoms with Gasteiger partial charge in [-0.1, -0.05) is 146 Å². The second-order valence-corrected chi connectivity index (χ2v) is 17.6. The number of rotatable bonds is 39. The molecule has 6 atom stereocenters. The molecule has 0 saturated carbocycles. The first-order valence-electron chi connectivity index (χ1n) is 23.2. The van der Waals surface area contributed by atoms with E-state index in [4.69, 9.17) is 18.9 Å². The number of unbranched alkanes of at least 4 members (excludes halogenated alkanes) is 20. The van der Waals surface area contributed by atoms with Crippen molar-refractivity contribution in [2.75, 3.05) is 19.0 Å². The zero-order valence-electron chi connectivity index (χ0n) is 36.9. The minimum absolute atomic E-state index is 0.137. The maximum absolute atomic E-state index is 12.8. The molecular weight excluding hydrogens is 789 g/mol. The van der Waals surface area contributed by atoms with E-state index in [1.807, 2.05) is 6.08 Å². The van der Waals surface area contributed by atoms with Crippen LogP contribution >= 0.6 is 0 Å². The van der Waals surface area contributed by atoms with Crippen molar-refractivity contribution in [3.63, 3.8) is 0 Å². The molecule has 60 heavy (non-hydrogen) atoms. The first-order chi connectivity index (χ1) is 29.0. The monoisotopic (exact) mass is 871 g/mol. The number of carbonyl (C=O) groups is 2.